The predicted octanol–water partition coefficient (Wildman–Crippen LogP) is 4.07. The molecule has 6 heteroatoms. The molecule has 0 saturated carbocycles. The van der Waals surface area contributed by atoms with E-state index in [0.29, 0.717) is 6.61 Å². The molecule has 32 heavy (non-hydrogen) atoms. The number of aryl methyl sites for hydroxylation is 3. The Hall–Kier alpha value is -2.86. The van der Waals surface area contributed by atoms with Crippen LogP contribution in [0, 0.1) is 26.7 Å². The first-order valence-corrected chi connectivity index (χ1v) is 11.7. The summed E-state index contributed by atoms with van der Waals surface area (Å²) in [7, 11) is 0. The van der Waals surface area contributed by atoms with Crippen LogP contribution in [0.4, 0.5) is 5.95 Å². The molecule has 3 heterocycles. The number of imidazole rings is 1. The third-order valence-corrected chi connectivity index (χ3v) is 6.97. The molecule has 2 saturated heterocycles. The van der Waals surface area contributed by atoms with Gasteiger partial charge in [0.25, 0.3) is 0 Å². The van der Waals surface area contributed by atoms with Gasteiger partial charge in [-0.25, -0.2) is 4.98 Å². The van der Waals surface area contributed by atoms with Crippen molar-refractivity contribution in [3.05, 3.63) is 53.1 Å². The summed E-state index contributed by atoms with van der Waals surface area (Å²) in [5.74, 6) is 1.21. The summed E-state index contributed by atoms with van der Waals surface area (Å²) in [4.78, 5) is 20.1. The number of rotatable bonds is 4. The Labute approximate surface area is 189 Å². The van der Waals surface area contributed by atoms with E-state index >= 15 is 0 Å². The number of ether oxygens (including phenoxy) is 1. The Morgan fingerprint density at radius 2 is 1.75 bits per heavy atom. The molecule has 168 valence electrons. The number of nitrogens with one attached hydrogen (secondary N) is 1. The monoisotopic (exact) mass is 432 g/mol. The zero-order valence-corrected chi connectivity index (χ0v) is 19.2. The third kappa shape index (κ3) is 3.99. The highest BCUT2D eigenvalue weighted by atomic mass is 16.5. The smallest absolute Gasteiger partial charge is 0.223 e. The summed E-state index contributed by atoms with van der Waals surface area (Å²) < 4.78 is 7.67. The summed E-state index contributed by atoms with van der Waals surface area (Å²) in [6, 6.07) is 13.2. The summed E-state index contributed by atoms with van der Waals surface area (Å²) >= 11 is 0. The summed E-state index contributed by atoms with van der Waals surface area (Å²) in [6.45, 7) is 9.44. The van der Waals surface area contributed by atoms with E-state index in [1.165, 1.54) is 16.7 Å². The Balaban J connectivity index is 1.42. The van der Waals surface area contributed by atoms with Crippen LogP contribution in [0.15, 0.2) is 36.4 Å². The minimum absolute atomic E-state index is 0.0635. The van der Waals surface area contributed by atoms with Gasteiger partial charge in [0.15, 0.2) is 0 Å². The number of piperidine rings is 1. The first-order valence-electron chi connectivity index (χ1n) is 11.7. The number of carbonyl (C=O) groups is 1. The van der Waals surface area contributed by atoms with Crippen LogP contribution >= 0.6 is 0 Å². The third-order valence-electron chi connectivity index (χ3n) is 6.97. The quantitative estimate of drug-likeness (QED) is 0.675. The number of carbonyl (C=O) groups excluding carboxylic acids is 1. The molecule has 2 aromatic carbocycles. The molecule has 6 nitrogen and oxygen atoms in total. The van der Waals surface area contributed by atoms with Crippen LogP contribution in [0.3, 0.4) is 0 Å². The van der Waals surface area contributed by atoms with Crippen molar-refractivity contribution in [2.24, 2.45) is 5.92 Å². The topological polar surface area (TPSA) is 59.4 Å². The highest BCUT2D eigenvalue weighted by molar-refractivity contribution is 5.83. The molecule has 2 aliphatic heterocycles. The number of hydrogen-bond donors (Lipinski definition) is 1. The standard InChI is InChI=1S/C26H32N4O2/c1-17-4-6-22(7-5-17)30-24-15-19(3)18(2)14-23(24)28-26(30)29-11-8-20(9-12-29)25(31)27-21-10-13-32-16-21/h4-7,14-15,20-21H,8-13,16H2,1-3H3,(H,27,31)/t21-/m0/s1. The van der Waals surface area contributed by atoms with Crippen molar-refractivity contribution < 1.29 is 9.53 Å². The average Bonchev–Trinajstić information content (AvgIpc) is 3.43. The summed E-state index contributed by atoms with van der Waals surface area (Å²) in [6.07, 6.45) is 2.60. The molecular formula is C26H32N4O2. The van der Waals surface area contributed by atoms with Gasteiger partial charge in [-0.3, -0.25) is 9.36 Å². The van der Waals surface area contributed by atoms with Gasteiger partial charge in [-0.15, -0.1) is 0 Å². The van der Waals surface area contributed by atoms with Gasteiger partial charge < -0.3 is 15.0 Å². The number of fused-ring (bicyclic) bond motifs is 1. The van der Waals surface area contributed by atoms with E-state index in [9.17, 15) is 4.79 Å². The molecule has 0 spiro atoms. The molecular weight excluding hydrogens is 400 g/mol. The molecule has 1 amide bonds. The number of amides is 1. The molecule has 0 aliphatic carbocycles. The normalized spacial score (nSPS) is 19.6. The number of benzene rings is 2. The lowest BCUT2D eigenvalue weighted by Gasteiger charge is -2.32. The molecule has 5 rings (SSSR count). The van der Waals surface area contributed by atoms with Crippen molar-refractivity contribution >= 4 is 22.9 Å². The highest BCUT2D eigenvalue weighted by Crippen LogP contribution is 2.31. The molecule has 0 unspecified atom stereocenters. The molecule has 2 fully saturated rings. The average molecular weight is 433 g/mol. The van der Waals surface area contributed by atoms with Gasteiger partial charge in [-0.1, -0.05) is 17.7 Å². The minimum atomic E-state index is 0.0635. The Bertz CT molecular complexity index is 1120. The van der Waals surface area contributed by atoms with Crippen molar-refractivity contribution in [3.63, 3.8) is 0 Å². The lowest BCUT2D eigenvalue weighted by molar-refractivity contribution is -0.126. The van der Waals surface area contributed by atoms with Crippen molar-refractivity contribution in [1.29, 1.82) is 0 Å². The first kappa shape index (κ1) is 21.0. The number of hydrogen-bond acceptors (Lipinski definition) is 4. The predicted molar refractivity (Wildman–Crippen MR) is 128 cm³/mol. The van der Waals surface area contributed by atoms with Crippen molar-refractivity contribution in [3.8, 4) is 5.69 Å². The van der Waals surface area contributed by atoms with E-state index in [-0.39, 0.29) is 17.9 Å². The van der Waals surface area contributed by atoms with Crippen molar-refractivity contribution in [2.75, 3.05) is 31.2 Å². The lowest BCUT2D eigenvalue weighted by atomic mass is 9.95. The molecule has 0 radical (unpaired) electrons. The van der Waals surface area contributed by atoms with E-state index < -0.39 is 0 Å². The minimum Gasteiger partial charge on any atom is -0.379 e. The van der Waals surface area contributed by atoms with Gasteiger partial charge in [0.1, 0.15) is 0 Å². The van der Waals surface area contributed by atoms with Crippen LogP contribution in [0.25, 0.3) is 16.7 Å². The van der Waals surface area contributed by atoms with E-state index in [0.717, 1.165) is 61.6 Å². The summed E-state index contributed by atoms with van der Waals surface area (Å²) in [5, 5.41) is 3.18. The van der Waals surface area contributed by atoms with Gasteiger partial charge in [0.2, 0.25) is 11.9 Å². The summed E-state index contributed by atoms with van der Waals surface area (Å²) in [5.41, 5.74) is 7.04. The van der Waals surface area contributed by atoms with Crippen LogP contribution in [-0.2, 0) is 9.53 Å². The fraction of sp³-hybridized carbons (Fsp3) is 0.462. The first-order chi connectivity index (χ1) is 15.5. The Morgan fingerprint density at radius 3 is 2.44 bits per heavy atom. The number of anilines is 1. The molecule has 1 N–H and O–H groups in total. The Morgan fingerprint density at radius 1 is 1.03 bits per heavy atom. The maximum atomic E-state index is 12.7. The van der Waals surface area contributed by atoms with E-state index in [2.05, 4.69) is 72.0 Å². The Kier molecular flexibility index (Phi) is 5.64. The van der Waals surface area contributed by atoms with Gasteiger partial charge in [-0.05, 0) is 75.4 Å². The fourth-order valence-electron chi connectivity index (χ4n) is 4.79. The zero-order valence-electron chi connectivity index (χ0n) is 19.2. The highest BCUT2D eigenvalue weighted by Gasteiger charge is 2.30. The maximum absolute atomic E-state index is 12.7. The molecule has 1 atom stereocenters. The fourth-order valence-corrected chi connectivity index (χ4v) is 4.79. The van der Waals surface area contributed by atoms with Crippen LogP contribution in [0.1, 0.15) is 36.0 Å². The lowest BCUT2D eigenvalue weighted by Crippen LogP contribution is -2.44. The SMILES string of the molecule is Cc1ccc(-n2c(N3CCC(C(=O)N[C@H]4CCOC4)CC3)nc3cc(C)c(C)cc32)cc1. The van der Waals surface area contributed by atoms with Crippen LogP contribution < -0.4 is 10.2 Å². The van der Waals surface area contributed by atoms with Crippen LogP contribution in [-0.4, -0.2) is 47.8 Å². The van der Waals surface area contributed by atoms with Crippen molar-refractivity contribution in [1.82, 2.24) is 14.9 Å². The van der Waals surface area contributed by atoms with Crippen molar-refractivity contribution in [2.45, 2.75) is 46.1 Å². The van der Waals surface area contributed by atoms with Gasteiger partial charge in [0.05, 0.1) is 23.7 Å². The van der Waals surface area contributed by atoms with Crippen LogP contribution in [0.2, 0.25) is 0 Å². The molecule has 3 aromatic rings. The van der Waals surface area contributed by atoms with Gasteiger partial charge >= 0.3 is 0 Å². The number of nitrogens with zero attached hydrogens (tertiary/aromatic N) is 3. The van der Waals surface area contributed by atoms with Gasteiger partial charge in [0, 0.05) is 31.3 Å². The van der Waals surface area contributed by atoms with E-state index in [1.807, 2.05) is 0 Å². The maximum Gasteiger partial charge on any atom is 0.223 e. The molecule has 2 aliphatic rings. The van der Waals surface area contributed by atoms with Gasteiger partial charge in [-0.2, -0.15) is 0 Å². The molecule has 1 aromatic heterocycles. The second-order valence-electron chi connectivity index (χ2n) is 9.34. The van der Waals surface area contributed by atoms with E-state index in [1.54, 1.807) is 0 Å². The van der Waals surface area contributed by atoms with E-state index in [4.69, 9.17) is 9.72 Å². The molecule has 0 bridgehead atoms. The second-order valence-corrected chi connectivity index (χ2v) is 9.34. The second kappa shape index (κ2) is 8.58. The largest absolute Gasteiger partial charge is 0.379 e. The number of aromatic nitrogens is 2. The van der Waals surface area contributed by atoms with Crippen LogP contribution in [0.5, 0.6) is 0 Å². The zero-order chi connectivity index (χ0) is 22.2.